The number of piperazine rings is 1. The summed E-state index contributed by atoms with van der Waals surface area (Å²) in [5.41, 5.74) is -0.297. The van der Waals surface area contributed by atoms with Crippen molar-refractivity contribution >= 4 is 11.8 Å². The quantitative estimate of drug-likeness (QED) is 0.898. The molecule has 1 aromatic carbocycles. The SMILES string of the molecule is CC1(C)NC(=O)C(c2ccccc2)N(CCF)C1=O. The van der Waals surface area contributed by atoms with Gasteiger partial charge in [-0.1, -0.05) is 30.3 Å². The normalized spacial score (nSPS) is 22.3. The predicted molar refractivity (Wildman–Crippen MR) is 69.1 cm³/mol. The van der Waals surface area contributed by atoms with Gasteiger partial charge in [-0.05, 0) is 19.4 Å². The molecule has 0 aliphatic carbocycles. The number of nitrogens with one attached hydrogen (secondary N) is 1. The molecule has 0 spiro atoms. The lowest BCUT2D eigenvalue weighted by Crippen LogP contribution is -2.65. The van der Waals surface area contributed by atoms with Crippen molar-refractivity contribution in [2.75, 3.05) is 13.2 Å². The Morgan fingerprint density at radius 1 is 1.26 bits per heavy atom. The van der Waals surface area contributed by atoms with Gasteiger partial charge in [0.1, 0.15) is 18.3 Å². The Labute approximate surface area is 111 Å². The number of hydrogen-bond acceptors (Lipinski definition) is 2. The van der Waals surface area contributed by atoms with Gasteiger partial charge in [0.25, 0.3) is 0 Å². The monoisotopic (exact) mass is 264 g/mol. The third-order valence-corrected chi connectivity index (χ3v) is 3.23. The predicted octanol–water partition coefficient (Wildman–Crippen LogP) is 1.43. The average molecular weight is 264 g/mol. The molecule has 0 bridgehead atoms. The minimum Gasteiger partial charge on any atom is -0.340 e. The van der Waals surface area contributed by atoms with Crippen LogP contribution in [0.1, 0.15) is 25.5 Å². The van der Waals surface area contributed by atoms with Crippen LogP contribution < -0.4 is 5.32 Å². The standard InChI is InChI=1S/C14H17FN2O2/c1-14(2)13(19)17(9-8-15)11(12(18)16-14)10-6-4-3-5-7-10/h3-7,11H,8-9H2,1-2H3,(H,16,18). The van der Waals surface area contributed by atoms with E-state index in [-0.39, 0.29) is 18.4 Å². The molecule has 2 amide bonds. The molecule has 5 heteroatoms. The molecule has 1 atom stereocenters. The number of carbonyl (C=O) groups is 2. The molecule has 0 aromatic heterocycles. The highest BCUT2D eigenvalue weighted by Crippen LogP contribution is 2.28. The zero-order valence-electron chi connectivity index (χ0n) is 11.0. The van der Waals surface area contributed by atoms with Gasteiger partial charge in [0, 0.05) is 0 Å². The molecule has 4 nitrogen and oxygen atoms in total. The van der Waals surface area contributed by atoms with Crippen molar-refractivity contribution in [3.8, 4) is 0 Å². The molecule has 1 saturated heterocycles. The number of carbonyl (C=O) groups excluding carboxylic acids is 2. The summed E-state index contributed by atoms with van der Waals surface area (Å²) >= 11 is 0. The Hall–Kier alpha value is -1.91. The van der Waals surface area contributed by atoms with E-state index in [1.807, 2.05) is 6.07 Å². The third kappa shape index (κ3) is 2.45. The highest BCUT2D eigenvalue weighted by Gasteiger charge is 2.45. The van der Waals surface area contributed by atoms with Crippen LogP contribution in [0, 0.1) is 0 Å². The molecule has 1 heterocycles. The lowest BCUT2D eigenvalue weighted by molar-refractivity contribution is -0.154. The van der Waals surface area contributed by atoms with E-state index in [1.165, 1.54) is 4.90 Å². The van der Waals surface area contributed by atoms with Crippen molar-refractivity contribution < 1.29 is 14.0 Å². The van der Waals surface area contributed by atoms with Gasteiger partial charge in [0.05, 0.1) is 6.54 Å². The summed E-state index contributed by atoms with van der Waals surface area (Å²) in [4.78, 5) is 25.8. The van der Waals surface area contributed by atoms with Crippen molar-refractivity contribution in [2.45, 2.75) is 25.4 Å². The first kappa shape index (κ1) is 13.5. The summed E-state index contributed by atoms with van der Waals surface area (Å²) in [6, 6.07) is 8.19. The Balaban J connectivity index is 2.40. The zero-order valence-corrected chi connectivity index (χ0v) is 11.0. The van der Waals surface area contributed by atoms with E-state index in [9.17, 15) is 14.0 Å². The highest BCUT2D eigenvalue weighted by molar-refractivity contribution is 5.99. The van der Waals surface area contributed by atoms with Gasteiger partial charge in [-0.2, -0.15) is 0 Å². The van der Waals surface area contributed by atoms with Crippen LogP contribution in [0.15, 0.2) is 30.3 Å². The van der Waals surface area contributed by atoms with Crippen LogP contribution >= 0.6 is 0 Å². The number of benzene rings is 1. The van der Waals surface area contributed by atoms with E-state index >= 15 is 0 Å². The fraction of sp³-hybridized carbons (Fsp3) is 0.429. The molecule has 1 N–H and O–H groups in total. The second-order valence-corrected chi connectivity index (χ2v) is 5.11. The lowest BCUT2D eigenvalue weighted by Gasteiger charge is -2.42. The van der Waals surface area contributed by atoms with Crippen molar-refractivity contribution in [3.63, 3.8) is 0 Å². The van der Waals surface area contributed by atoms with Gasteiger partial charge >= 0.3 is 0 Å². The number of halogens is 1. The highest BCUT2D eigenvalue weighted by atomic mass is 19.1. The summed E-state index contributed by atoms with van der Waals surface area (Å²) in [6.45, 7) is 2.51. The van der Waals surface area contributed by atoms with E-state index in [0.717, 1.165) is 0 Å². The van der Waals surface area contributed by atoms with E-state index in [2.05, 4.69) is 5.32 Å². The van der Waals surface area contributed by atoms with Crippen molar-refractivity contribution in [1.29, 1.82) is 0 Å². The Kier molecular flexibility index (Phi) is 3.55. The fourth-order valence-corrected chi connectivity index (χ4v) is 2.34. The molecule has 1 aliphatic rings. The molecule has 1 aliphatic heterocycles. The minimum absolute atomic E-state index is 0.0742. The topological polar surface area (TPSA) is 49.4 Å². The second kappa shape index (κ2) is 4.99. The third-order valence-electron chi connectivity index (χ3n) is 3.23. The first-order chi connectivity index (χ1) is 8.97. The number of amides is 2. The molecule has 1 unspecified atom stereocenters. The van der Waals surface area contributed by atoms with E-state index in [1.54, 1.807) is 38.1 Å². The largest absolute Gasteiger partial charge is 0.340 e. The molecule has 0 saturated carbocycles. The average Bonchev–Trinajstić information content (AvgIpc) is 2.36. The molecule has 2 rings (SSSR count). The maximum atomic E-state index is 12.7. The zero-order chi connectivity index (χ0) is 14.0. The minimum atomic E-state index is -0.989. The van der Waals surface area contributed by atoms with Gasteiger partial charge < -0.3 is 10.2 Å². The first-order valence-electron chi connectivity index (χ1n) is 6.21. The molecule has 0 radical (unpaired) electrons. The maximum Gasteiger partial charge on any atom is 0.248 e. The van der Waals surface area contributed by atoms with Crippen LogP contribution in [0.2, 0.25) is 0 Å². The Bertz CT molecular complexity index is 487. The molecular formula is C14H17FN2O2. The summed E-state index contributed by atoms with van der Waals surface area (Å²) in [5, 5.41) is 2.69. The maximum absolute atomic E-state index is 12.7. The molecular weight excluding hydrogens is 247 g/mol. The second-order valence-electron chi connectivity index (χ2n) is 5.11. The van der Waals surface area contributed by atoms with Gasteiger partial charge in [-0.25, -0.2) is 4.39 Å². The summed E-state index contributed by atoms with van der Waals surface area (Å²) in [7, 11) is 0. The smallest absolute Gasteiger partial charge is 0.248 e. The van der Waals surface area contributed by atoms with Crippen LogP contribution in [0.5, 0.6) is 0 Å². The summed E-state index contributed by atoms with van der Waals surface area (Å²) < 4.78 is 12.7. The van der Waals surface area contributed by atoms with Crippen LogP contribution in [0.25, 0.3) is 0 Å². The van der Waals surface area contributed by atoms with Crippen LogP contribution in [-0.4, -0.2) is 35.5 Å². The Morgan fingerprint density at radius 2 is 1.89 bits per heavy atom. The number of rotatable bonds is 3. The van der Waals surface area contributed by atoms with Crippen LogP contribution in [-0.2, 0) is 9.59 Å². The molecule has 1 fully saturated rings. The summed E-state index contributed by atoms with van der Waals surface area (Å²) in [5.74, 6) is -0.539. The van der Waals surface area contributed by atoms with E-state index < -0.39 is 18.3 Å². The van der Waals surface area contributed by atoms with Crippen LogP contribution in [0.3, 0.4) is 0 Å². The van der Waals surface area contributed by atoms with Gasteiger partial charge in [-0.3, -0.25) is 9.59 Å². The number of nitrogens with zero attached hydrogens (tertiary/aromatic N) is 1. The first-order valence-corrected chi connectivity index (χ1v) is 6.21. The van der Waals surface area contributed by atoms with Crippen molar-refractivity contribution in [2.24, 2.45) is 0 Å². The fourth-order valence-electron chi connectivity index (χ4n) is 2.34. The van der Waals surface area contributed by atoms with Gasteiger partial charge in [-0.15, -0.1) is 0 Å². The lowest BCUT2D eigenvalue weighted by atomic mass is 9.93. The number of alkyl halides is 1. The Morgan fingerprint density at radius 3 is 2.47 bits per heavy atom. The number of hydrogen-bond donors (Lipinski definition) is 1. The van der Waals surface area contributed by atoms with E-state index in [0.29, 0.717) is 5.56 Å². The van der Waals surface area contributed by atoms with Gasteiger partial charge in [0.15, 0.2) is 0 Å². The molecule has 102 valence electrons. The van der Waals surface area contributed by atoms with E-state index in [4.69, 9.17) is 0 Å². The van der Waals surface area contributed by atoms with Crippen molar-refractivity contribution in [1.82, 2.24) is 10.2 Å². The molecule has 1 aromatic rings. The van der Waals surface area contributed by atoms with Gasteiger partial charge in [0.2, 0.25) is 11.8 Å². The molecule has 19 heavy (non-hydrogen) atoms. The van der Waals surface area contributed by atoms with Crippen molar-refractivity contribution in [3.05, 3.63) is 35.9 Å². The summed E-state index contributed by atoms with van der Waals surface area (Å²) in [6.07, 6.45) is 0. The van der Waals surface area contributed by atoms with Crippen LogP contribution in [0.4, 0.5) is 4.39 Å².